The molecule has 0 aliphatic carbocycles. The molecular formula is C20H20N2O6. The number of aliphatic hydroxyl groups is 1. The number of fused-ring (bicyclic) bond motifs is 1. The van der Waals surface area contributed by atoms with E-state index in [-0.39, 0.29) is 11.5 Å². The molecule has 1 heterocycles. The summed E-state index contributed by atoms with van der Waals surface area (Å²) in [7, 11) is 0. The highest BCUT2D eigenvalue weighted by atomic mass is 16.5. The number of anilines is 1. The number of carboxylic acid groups (broad SMARTS) is 1. The van der Waals surface area contributed by atoms with E-state index in [1.807, 2.05) is 18.2 Å². The monoisotopic (exact) mass is 384 g/mol. The molecule has 2 aromatic rings. The van der Waals surface area contributed by atoms with Crippen LogP contribution < -0.4 is 15.4 Å². The van der Waals surface area contributed by atoms with Crippen LogP contribution in [0.1, 0.15) is 22.8 Å². The van der Waals surface area contributed by atoms with Crippen LogP contribution in [0.5, 0.6) is 5.75 Å². The Kier molecular flexibility index (Phi) is 5.32. The molecule has 1 aliphatic rings. The van der Waals surface area contributed by atoms with Gasteiger partial charge in [0, 0.05) is 17.7 Å². The summed E-state index contributed by atoms with van der Waals surface area (Å²) >= 11 is 0. The second kappa shape index (κ2) is 7.69. The van der Waals surface area contributed by atoms with E-state index in [1.165, 1.54) is 12.1 Å². The molecule has 28 heavy (non-hydrogen) atoms. The fourth-order valence-corrected chi connectivity index (χ4v) is 2.72. The zero-order valence-corrected chi connectivity index (χ0v) is 15.1. The molecule has 0 radical (unpaired) electrons. The number of aliphatic carboxylic acids is 1. The van der Waals surface area contributed by atoms with Crippen molar-refractivity contribution in [3.05, 3.63) is 59.7 Å². The summed E-state index contributed by atoms with van der Waals surface area (Å²) in [5.41, 5.74) is -0.492. The molecule has 146 valence electrons. The molecule has 0 bridgehead atoms. The number of amides is 2. The van der Waals surface area contributed by atoms with Gasteiger partial charge in [-0.1, -0.05) is 24.3 Å². The normalized spacial score (nSPS) is 17.0. The number of benzene rings is 2. The van der Waals surface area contributed by atoms with Gasteiger partial charge in [0.25, 0.3) is 11.8 Å². The van der Waals surface area contributed by atoms with Crippen LogP contribution in [0.3, 0.4) is 0 Å². The van der Waals surface area contributed by atoms with E-state index in [4.69, 9.17) is 9.84 Å². The third-order valence-electron chi connectivity index (χ3n) is 4.39. The van der Waals surface area contributed by atoms with E-state index < -0.39 is 30.1 Å². The number of rotatable bonds is 6. The van der Waals surface area contributed by atoms with Gasteiger partial charge in [-0.2, -0.15) is 0 Å². The number of carboxylic acids is 1. The summed E-state index contributed by atoms with van der Waals surface area (Å²) in [4.78, 5) is 35.6. The van der Waals surface area contributed by atoms with Crippen molar-refractivity contribution in [2.24, 2.45) is 0 Å². The lowest BCUT2D eigenvalue weighted by Gasteiger charge is -2.18. The van der Waals surface area contributed by atoms with Crippen molar-refractivity contribution in [2.45, 2.75) is 25.0 Å². The third kappa shape index (κ3) is 4.29. The summed E-state index contributed by atoms with van der Waals surface area (Å²) in [5, 5.41) is 23.6. The third-order valence-corrected chi connectivity index (χ3v) is 4.39. The maximum atomic E-state index is 12.5. The maximum Gasteiger partial charge on any atom is 0.337 e. The van der Waals surface area contributed by atoms with Gasteiger partial charge in [0.15, 0.2) is 11.7 Å². The van der Waals surface area contributed by atoms with E-state index >= 15 is 0 Å². The van der Waals surface area contributed by atoms with Crippen molar-refractivity contribution in [1.82, 2.24) is 5.32 Å². The molecule has 2 atom stereocenters. The lowest BCUT2D eigenvalue weighted by molar-refractivity contribution is -0.155. The van der Waals surface area contributed by atoms with Crippen LogP contribution >= 0.6 is 0 Å². The van der Waals surface area contributed by atoms with Gasteiger partial charge in [0.05, 0.1) is 6.54 Å². The number of nitrogens with one attached hydrogen (secondary N) is 2. The van der Waals surface area contributed by atoms with Crippen LogP contribution in [0.2, 0.25) is 0 Å². The topological polar surface area (TPSA) is 125 Å². The Morgan fingerprint density at radius 2 is 1.93 bits per heavy atom. The molecule has 0 aromatic heterocycles. The van der Waals surface area contributed by atoms with Gasteiger partial charge in [-0.15, -0.1) is 0 Å². The van der Waals surface area contributed by atoms with Gasteiger partial charge in [-0.3, -0.25) is 9.59 Å². The first kappa shape index (κ1) is 19.4. The van der Waals surface area contributed by atoms with Crippen molar-refractivity contribution < 1.29 is 29.3 Å². The smallest absolute Gasteiger partial charge is 0.337 e. The minimum atomic E-state index is -2.07. The maximum absolute atomic E-state index is 12.5. The Morgan fingerprint density at radius 1 is 1.18 bits per heavy atom. The molecule has 0 fully saturated rings. The van der Waals surface area contributed by atoms with Gasteiger partial charge in [0.1, 0.15) is 5.75 Å². The minimum Gasteiger partial charge on any atom is -0.480 e. The molecule has 2 amide bonds. The first-order valence-electron chi connectivity index (χ1n) is 8.66. The van der Waals surface area contributed by atoms with Crippen LogP contribution in [0, 0.1) is 0 Å². The summed E-state index contributed by atoms with van der Waals surface area (Å²) in [6.07, 6.45) is -0.188. The second-order valence-corrected chi connectivity index (χ2v) is 6.75. The summed E-state index contributed by atoms with van der Waals surface area (Å²) in [6.45, 7) is 0.637. The molecule has 8 nitrogen and oxygen atoms in total. The van der Waals surface area contributed by atoms with Crippen molar-refractivity contribution in [1.29, 1.82) is 0 Å². The predicted molar refractivity (Wildman–Crippen MR) is 100 cm³/mol. The number of ether oxygens (including phenoxy) is 1. The summed E-state index contributed by atoms with van der Waals surface area (Å²) < 4.78 is 5.64. The standard InChI is InChI=1S/C20H20N2O6/c1-20(27,19(25)26)11-21-17(23)13-6-4-7-14(9-13)22-18(24)16-10-12-5-2-3-8-15(12)28-16/h2-9,16,27H,10-11H2,1H3,(H,21,23)(H,22,24)(H,25,26). The molecule has 0 spiro atoms. The lowest BCUT2D eigenvalue weighted by Crippen LogP contribution is -2.46. The van der Waals surface area contributed by atoms with E-state index in [2.05, 4.69) is 10.6 Å². The molecule has 8 heteroatoms. The van der Waals surface area contributed by atoms with E-state index in [1.54, 1.807) is 18.2 Å². The SMILES string of the molecule is CC(O)(CNC(=O)c1cccc(NC(=O)C2Cc3ccccc3O2)c1)C(=O)O. The molecule has 0 saturated carbocycles. The highest BCUT2D eigenvalue weighted by Gasteiger charge is 2.31. The molecule has 2 unspecified atom stereocenters. The largest absolute Gasteiger partial charge is 0.480 e. The van der Waals surface area contributed by atoms with Crippen molar-refractivity contribution in [3.8, 4) is 5.75 Å². The van der Waals surface area contributed by atoms with E-state index in [0.717, 1.165) is 12.5 Å². The Bertz CT molecular complexity index is 899. The number of hydrogen-bond donors (Lipinski definition) is 4. The fraction of sp³-hybridized carbons (Fsp3) is 0.250. The average Bonchev–Trinajstić information content (AvgIpc) is 3.10. The summed E-state index contributed by atoms with van der Waals surface area (Å²) in [6, 6.07) is 13.6. The van der Waals surface area contributed by atoms with Crippen LogP contribution in [0.15, 0.2) is 48.5 Å². The highest BCUT2D eigenvalue weighted by molar-refractivity contribution is 5.98. The summed E-state index contributed by atoms with van der Waals surface area (Å²) in [5.74, 6) is -1.66. The minimum absolute atomic E-state index is 0.217. The van der Waals surface area contributed by atoms with Crippen LogP contribution in [0.4, 0.5) is 5.69 Å². The highest BCUT2D eigenvalue weighted by Crippen LogP contribution is 2.28. The zero-order chi connectivity index (χ0) is 20.3. The van der Waals surface area contributed by atoms with Gasteiger partial charge in [-0.25, -0.2) is 4.79 Å². The lowest BCUT2D eigenvalue weighted by atomic mass is 10.1. The van der Waals surface area contributed by atoms with Crippen molar-refractivity contribution >= 4 is 23.5 Å². The van der Waals surface area contributed by atoms with Gasteiger partial charge < -0.3 is 25.6 Å². The number of para-hydroxylation sites is 1. The van der Waals surface area contributed by atoms with E-state index in [9.17, 15) is 19.5 Å². The van der Waals surface area contributed by atoms with Gasteiger partial charge >= 0.3 is 5.97 Å². The molecule has 0 saturated heterocycles. The molecule has 4 N–H and O–H groups in total. The quantitative estimate of drug-likeness (QED) is 0.593. The van der Waals surface area contributed by atoms with Crippen LogP contribution in [-0.2, 0) is 16.0 Å². The second-order valence-electron chi connectivity index (χ2n) is 6.75. The Balaban J connectivity index is 1.61. The van der Waals surface area contributed by atoms with Crippen LogP contribution in [-0.4, -0.2) is 46.2 Å². The van der Waals surface area contributed by atoms with E-state index in [0.29, 0.717) is 17.9 Å². The molecule has 2 aromatic carbocycles. The zero-order valence-electron chi connectivity index (χ0n) is 15.1. The number of carbonyl (C=O) groups is 3. The Labute approximate surface area is 161 Å². The van der Waals surface area contributed by atoms with Gasteiger partial charge in [0.2, 0.25) is 0 Å². The molecule has 3 rings (SSSR count). The Hall–Kier alpha value is -3.39. The predicted octanol–water partition coefficient (Wildman–Crippen LogP) is 1.19. The number of carbonyl (C=O) groups excluding carboxylic acids is 2. The van der Waals surface area contributed by atoms with Crippen molar-refractivity contribution in [2.75, 3.05) is 11.9 Å². The van der Waals surface area contributed by atoms with Gasteiger partial charge in [-0.05, 0) is 36.8 Å². The number of hydrogen-bond acceptors (Lipinski definition) is 5. The van der Waals surface area contributed by atoms with Crippen LogP contribution in [0.25, 0.3) is 0 Å². The Morgan fingerprint density at radius 3 is 2.64 bits per heavy atom. The first-order chi connectivity index (χ1) is 13.3. The van der Waals surface area contributed by atoms with Crippen molar-refractivity contribution in [3.63, 3.8) is 0 Å². The molecule has 1 aliphatic heterocycles. The average molecular weight is 384 g/mol. The molecular weight excluding hydrogens is 364 g/mol. The first-order valence-corrected chi connectivity index (χ1v) is 8.66. The fourth-order valence-electron chi connectivity index (χ4n) is 2.72.